The van der Waals surface area contributed by atoms with Crippen LogP contribution in [0.3, 0.4) is 0 Å². The van der Waals surface area contributed by atoms with Gasteiger partial charge in [0.15, 0.2) is 73.4 Å². The largest absolute Gasteiger partial charge is 0.384 e. The molecule has 0 spiro atoms. The molecule has 0 aliphatic carbocycles. The Morgan fingerprint density at radius 1 is 0.381 bits per heavy atom. The second kappa shape index (κ2) is 19.4. The molecule has 0 aliphatic rings. The summed E-state index contributed by atoms with van der Waals surface area (Å²) in [7, 11) is 1.75. The van der Waals surface area contributed by atoms with Gasteiger partial charge in [-0.1, -0.05) is 30.3 Å². The van der Waals surface area contributed by atoms with Gasteiger partial charge in [-0.2, -0.15) is 0 Å². The Hall–Kier alpha value is -4.98. The number of benzene rings is 6. The average molecular weight is 1050 g/mol. The maximum atomic E-state index is 15.4. The van der Waals surface area contributed by atoms with Crippen LogP contribution in [0.1, 0.15) is 0 Å². The number of ether oxygens (including phenoxy) is 1. The summed E-state index contributed by atoms with van der Waals surface area (Å²) < 4.78 is 302. The maximum Gasteiger partial charge on any atom is 0.359 e. The first-order chi connectivity index (χ1) is 29.6. The minimum absolute atomic E-state index is 0.0769. The summed E-state index contributed by atoms with van der Waals surface area (Å²) in [6.07, 6.45) is -7.22. The summed E-state index contributed by atoms with van der Waals surface area (Å²) >= 11 is 1.82. The highest BCUT2D eigenvalue weighted by Crippen LogP contribution is 2.31. The number of hydrogen-bond acceptors (Lipinski definition) is 2. The highest BCUT2D eigenvalue weighted by Gasteiger charge is 2.52. The van der Waals surface area contributed by atoms with Crippen LogP contribution in [0.5, 0.6) is 0 Å². The summed E-state index contributed by atoms with van der Waals surface area (Å²) in [5, 5.41) is 0. The molecule has 0 aliphatic heterocycles. The first kappa shape index (κ1) is 49.0. The van der Waals surface area contributed by atoms with Crippen molar-refractivity contribution < 1.29 is 114 Å². The molecule has 0 fully saturated rings. The molecule has 334 valence electrons. The van der Waals surface area contributed by atoms with Crippen molar-refractivity contribution in [2.45, 2.75) is 4.90 Å². The maximum absolute atomic E-state index is 15.4. The van der Waals surface area contributed by atoms with E-state index in [1.54, 1.807) is 7.11 Å². The quantitative estimate of drug-likeness (QED) is 0.0299. The predicted molar refractivity (Wildman–Crippen MR) is 182 cm³/mol. The first-order valence-corrected chi connectivity index (χ1v) is 19.9. The van der Waals surface area contributed by atoms with E-state index < -0.39 is 144 Å². The standard InChI is InChI=1S/C24BF20.C15H16IOS/c26-5-1(6(27)14(35)21(42)13(5)34)25(2-7(28)15(36)22(43)16(37)8(2)29,3-9(30)17(38)23(44)18(39)10(3)31)4-11(32)19(40)24(45)20(41)12(4)33;1-17-11-12-18-15-10-6-5-9-14(15)16-13-7-3-2-4-8-13/h;2-10H,11-12H2,1H3/q-1;+1. The molecular weight excluding hydrogens is 1030 g/mol. The molecule has 6 aromatic carbocycles. The Kier molecular flexibility index (Phi) is 15.1. The highest BCUT2D eigenvalue weighted by molar-refractivity contribution is 7.99. The van der Waals surface area contributed by atoms with Crippen LogP contribution in [-0.4, -0.2) is 25.6 Å². The van der Waals surface area contributed by atoms with E-state index in [1.165, 1.54) is 12.0 Å². The minimum atomic E-state index is -7.22. The third-order valence-electron chi connectivity index (χ3n) is 9.03. The van der Waals surface area contributed by atoms with Crippen LogP contribution in [0.25, 0.3) is 0 Å². The Morgan fingerprint density at radius 2 is 0.651 bits per heavy atom. The molecule has 0 heterocycles. The fraction of sp³-hybridized carbons (Fsp3) is 0.0769. The Bertz CT molecular complexity index is 2360. The van der Waals surface area contributed by atoms with Crippen molar-refractivity contribution in [1.29, 1.82) is 0 Å². The summed E-state index contributed by atoms with van der Waals surface area (Å²) in [6, 6.07) is 19.5. The van der Waals surface area contributed by atoms with Crippen LogP contribution in [0, 0.1) is 123 Å². The molecule has 0 aromatic heterocycles. The fourth-order valence-electron chi connectivity index (χ4n) is 6.34. The lowest BCUT2D eigenvalue weighted by Gasteiger charge is -2.44. The number of methoxy groups -OCH3 is 1. The summed E-state index contributed by atoms with van der Waals surface area (Å²) in [4.78, 5) is 1.41. The van der Waals surface area contributed by atoms with Crippen LogP contribution in [0.15, 0.2) is 59.5 Å². The predicted octanol–water partition coefficient (Wildman–Crippen LogP) is 6.40. The second-order valence-electron chi connectivity index (χ2n) is 12.5. The van der Waals surface area contributed by atoms with E-state index in [4.69, 9.17) is 4.74 Å². The molecule has 1 nitrogen and oxygen atoms in total. The lowest BCUT2D eigenvalue weighted by Crippen LogP contribution is -3.61. The van der Waals surface area contributed by atoms with Gasteiger partial charge in [-0.05, 0) is 24.3 Å². The van der Waals surface area contributed by atoms with E-state index in [0.717, 1.165) is 12.4 Å². The van der Waals surface area contributed by atoms with Crippen molar-refractivity contribution in [3.8, 4) is 0 Å². The van der Waals surface area contributed by atoms with Crippen molar-refractivity contribution in [2.75, 3.05) is 19.5 Å². The molecule has 0 saturated carbocycles. The monoisotopic (exact) mass is 1050 g/mol. The molecule has 0 N–H and O–H groups in total. The zero-order valence-electron chi connectivity index (χ0n) is 30.4. The number of thioether (sulfide) groups is 1. The van der Waals surface area contributed by atoms with Gasteiger partial charge in [0.05, 0.1) is 11.5 Å². The molecule has 0 saturated heterocycles. The second-order valence-corrected chi connectivity index (χ2v) is 16.5. The van der Waals surface area contributed by atoms with E-state index in [-0.39, 0.29) is 21.2 Å². The SMILES string of the molecule is COCCSc1ccccc1[I+]c1ccccc1.Fc1c(F)c(F)c([B-](c2c(F)c(F)c(F)c(F)c2F)(c2c(F)c(F)c(F)c(F)c2F)c2c(F)c(F)c(F)c(F)c2F)c(F)c1F. The van der Waals surface area contributed by atoms with E-state index in [2.05, 4.69) is 54.6 Å². The van der Waals surface area contributed by atoms with Crippen molar-refractivity contribution in [3.63, 3.8) is 0 Å². The van der Waals surface area contributed by atoms with Gasteiger partial charge >= 0.3 is 21.2 Å². The Morgan fingerprint density at radius 3 is 0.952 bits per heavy atom. The topological polar surface area (TPSA) is 9.23 Å². The molecule has 0 unspecified atom stereocenters. The van der Waals surface area contributed by atoms with Crippen LogP contribution in [0.2, 0.25) is 0 Å². The van der Waals surface area contributed by atoms with Crippen LogP contribution in [0.4, 0.5) is 87.8 Å². The van der Waals surface area contributed by atoms with Gasteiger partial charge in [-0.25, -0.2) is 87.8 Å². The molecular formula is C39H16BF20IOS. The Labute approximate surface area is 354 Å². The van der Waals surface area contributed by atoms with Gasteiger partial charge in [0.2, 0.25) is 3.57 Å². The lowest BCUT2D eigenvalue weighted by molar-refractivity contribution is -0.601. The first-order valence-electron chi connectivity index (χ1n) is 16.7. The van der Waals surface area contributed by atoms with Crippen molar-refractivity contribution >= 4 is 39.8 Å². The number of halogens is 21. The molecule has 6 rings (SSSR count). The number of rotatable bonds is 10. The lowest BCUT2D eigenvalue weighted by atomic mass is 9.12. The van der Waals surface area contributed by atoms with E-state index in [1.807, 2.05) is 11.8 Å². The molecule has 0 radical (unpaired) electrons. The minimum Gasteiger partial charge on any atom is -0.384 e. The average Bonchev–Trinajstić information content (AvgIpc) is 3.27. The molecule has 0 amide bonds. The van der Waals surface area contributed by atoms with Gasteiger partial charge in [-0.3, -0.25) is 0 Å². The van der Waals surface area contributed by atoms with E-state index in [0.29, 0.717) is 0 Å². The smallest absolute Gasteiger partial charge is 0.359 e. The van der Waals surface area contributed by atoms with Gasteiger partial charge in [0, 0.05) is 12.9 Å². The summed E-state index contributed by atoms with van der Waals surface area (Å²) in [6.45, 7) is 0.808. The molecule has 0 bridgehead atoms. The van der Waals surface area contributed by atoms with Crippen molar-refractivity contribution in [2.24, 2.45) is 0 Å². The van der Waals surface area contributed by atoms with Crippen molar-refractivity contribution in [1.82, 2.24) is 0 Å². The molecule has 24 heteroatoms. The van der Waals surface area contributed by atoms with Gasteiger partial charge in [0.25, 0.3) is 0 Å². The highest BCUT2D eigenvalue weighted by atomic mass is 127. The summed E-state index contributed by atoms with van der Waals surface area (Å²) in [5.41, 5.74) is -14.3. The zero-order chi connectivity index (χ0) is 47.0. The van der Waals surface area contributed by atoms with Crippen LogP contribution < -0.4 is 43.1 Å². The van der Waals surface area contributed by atoms with E-state index in [9.17, 15) is 52.7 Å². The summed E-state index contributed by atoms with van der Waals surface area (Å²) in [5.74, 6) is -70.4. The third-order valence-corrected chi connectivity index (χ3v) is 13.3. The van der Waals surface area contributed by atoms with Gasteiger partial charge in [0.1, 0.15) is 52.7 Å². The van der Waals surface area contributed by atoms with Crippen LogP contribution >= 0.6 is 11.8 Å². The molecule has 0 atom stereocenters. The van der Waals surface area contributed by atoms with Crippen molar-refractivity contribution in [3.05, 3.63) is 178 Å². The fourth-order valence-corrected chi connectivity index (χ4v) is 10.2. The van der Waals surface area contributed by atoms with Gasteiger partial charge in [-0.15, -0.1) is 33.6 Å². The normalized spacial score (nSPS) is 11.6. The third kappa shape index (κ3) is 8.44. The number of hydrogen-bond donors (Lipinski definition) is 0. The molecule has 63 heavy (non-hydrogen) atoms. The molecule has 6 aromatic rings. The zero-order valence-corrected chi connectivity index (χ0v) is 33.4. The van der Waals surface area contributed by atoms with E-state index >= 15 is 35.1 Å². The van der Waals surface area contributed by atoms with Gasteiger partial charge < -0.3 is 4.74 Å². The van der Waals surface area contributed by atoms with Crippen LogP contribution in [-0.2, 0) is 4.74 Å². The Balaban J connectivity index is 0.000000345.